The molecule has 1 nitrogen and oxygen atoms in total. The number of rotatable bonds is 3. The van der Waals surface area contributed by atoms with E-state index >= 15 is 0 Å². The zero-order valence-corrected chi connectivity index (χ0v) is 8.42. The van der Waals surface area contributed by atoms with Crippen LogP contribution < -0.4 is 4.74 Å². The quantitative estimate of drug-likeness (QED) is 0.659. The molecular formula is C13H14O. The lowest BCUT2D eigenvalue weighted by Crippen LogP contribution is -1.98. The van der Waals surface area contributed by atoms with E-state index in [-0.39, 0.29) is 0 Å². The Morgan fingerprint density at radius 1 is 1.50 bits per heavy atom. The Bertz CT molecular complexity index is 369. The Balaban J connectivity index is 2.42. The van der Waals surface area contributed by atoms with Gasteiger partial charge < -0.3 is 4.74 Å². The Morgan fingerprint density at radius 3 is 2.86 bits per heavy atom. The van der Waals surface area contributed by atoms with Gasteiger partial charge in [-0.1, -0.05) is 18.1 Å². The summed E-state index contributed by atoms with van der Waals surface area (Å²) in [5.41, 5.74) is 2.18. The van der Waals surface area contributed by atoms with Crippen molar-refractivity contribution >= 4 is 0 Å². The number of benzene rings is 1. The fraction of sp³-hybridized carbons (Fsp3) is 0.385. The van der Waals surface area contributed by atoms with Gasteiger partial charge in [-0.2, -0.15) is 0 Å². The molecule has 0 bridgehead atoms. The van der Waals surface area contributed by atoms with E-state index in [0.717, 1.165) is 11.3 Å². The van der Waals surface area contributed by atoms with Crippen molar-refractivity contribution in [2.24, 2.45) is 0 Å². The maximum absolute atomic E-state index is 5.62. The van der Waals surface area contributed by atoms with Crippen LogP contribution >= 0.6 is 0 Å². The summed E-state index contributed by atoms with van der Waals surface area (Å²) in [5, 5.41) is 0. The van der Waals surface area contributed by atoms with E-state index in [4.69, 9.17) is 11.2 Å². The van der Waals surface area contributed by atoms with Gasteiger partial charge in [0.25, 0.3) is 0 Å². The highest BCUT2D eigenvalue weighted by Gasteiger charge is 2.27. The third kappa shape index (κ3) is 1.61. The fourth-order valence-electron chi connectivity index (χ4n) is 1.69. The molecule has 0 heterocycles. The minimum absolute atomic E-state index is 0.679. The van der Waals surface area contributed by atoms with Crippen LogP contribution in [0, 0.1) is 12.3 Å². The van der Waals surface area contributed by atoms with Crippen molar-refractivity contribution in [3.8, 4) is 18.1 Å². The van der Waals surface area contributed by atoms with Gasteiger partial charge in [0, 0.05) is 0 Å². The molecule has 0 atom stereocenters. The lowest BCUT2D eigenvalue weighted by molar-refractivity contribution is 0.335. The summed E-state index contributed by atoms with van der Waals surface area (Å²) in [7, 11) is 0. The second-order valence-corrected chi connectivity index (χ2v) is 3.58. The van der Waals surface area contributed by atoms with Gasteiger partial charge in [-0.05, 0) is 37.3 Å². The summed E-state index contributed by atoms with van der Waals surface area (Å²) >= 11 is 0. The number of para-hydroxylation sites is 1. The summed E-state index contributed by atoms with van der Waals surface area (Å²) in [6.07, 6.45) is 7.98. The number of hydrogen-bond acceptors (Lipinski definition) is 1. The SMILES string of the molecule is C#Cc1cccc(C2CC2)c1OCC. The van der Waals surface area contributed by atoms with Gasteiger partial charge in [-0.25, -0.2) is 0 Å². The lowest BCUT2D eigenvalue weighted by Gasteiger charge is -2.11. The van der Waals surface area contributed by atoms with Crippen molar-refractivity contribution in [2.45, 2.75) is 25.7 Å². The normalized spacial score (nSPS) is 14.9. The fourth-order valence-corrected chi connectivity index (χ4v) is 1.69. The molecule has 0 radical (unpaired) electrons. The first kappa shape index (κ1) is 9.15. The molecule has 1 heteroatoms. The van der Waals surface area contributed by atoms with Crippen LogP contribution in [0.15, 0.2) is 18.2 Å². The summed E-state index contributed by atoms with van der Waals surface area (Å²) in [6, 6.07) is 6.09. The monoisotopic (exact) mass is 186 g/mol. The third-order valence-electron chi connectivity index (χ3n) is 2.51. The van der Waals surface area contributed by atoms with Gasteiger partial charge >= 0.3 is 0 Å². The molecule has 2 rings (SSSR count). The average Bonchev–Trinajstić information content (AvgIpc) is 3.02. The minimum Gasteiger partial charge on any atom is -0.492 e. The van der Waals surface area contributed by atoms with Crippen LogP contribution in [0.1, 0.15) is 36.8 Å². The maximum Gasteiger partial charge on any atom is 0.138 e. The van der Waals surface area contributed by atoms with E-state index in [0.29, 0.717) is 12.5 Å². The van der Waals surface area contributed by atoms with E-state index in [2.05, 4.69) is 12.0 Å². The first-order valence-corrected chi connectivity index (χ1v) is 5.09. The van der Waals surface area contributed by atoms with Gasteiger partial charge in [-0.15, -0.1) is 6.42 Å². The van der Waals surface area contributed by atoms with Crippen molar-refractivity contribution in [1.82, 2.24) is 0 Å². The van der Waals surface area contributed by atoms with Gasteiger partial charge in [0.2, 0.25) is 0 Å². The number of hydrogen-bond donors (Lipinski definition) is 0. The highest BCUT2D eigenvalue weighted by atomic mass is 16.5. The first-order valence-electron chi connectivity index (χ1n) is 5.09. The van der Waals surface area contributed by atoms with Crippen LogP contribution in [0.4, 0.5) is 0 Å². The van der Waals surface area contributed by atoms with E-state index < -0.39 is 0 Å². The van der Waals surface area contributed by atoms with Crippen LogP contribution in [0.3, 0.4) is 0 Å². The smallest absolute Gasteiger partial charge is 0.138 e. The molecule has 1 fully saturated rings. The topological polar surface area (TPSA) is 9.23 Å². The highest BCUT2D eigenvalue weighted by molar-refractivity contribution is 5.52. The van der Waals surface area contributed by atoms with Crippen molar-refractivity contribution in [1.29, 1.82) is 0 Å². The molecule has 1 aromatic rings. The molecule has 1 aromatic carbocycles. The van der Waals surface area contributed by atoms with Crippen LogP contribution in [0.2, 0.25) is 0 Å². The van der Waals surface area contributed by atoms with E-state index in [1.807, 2.05) is 19.1 Å². The minimum atomic E-state index is 0.679. The van der Waals surface area contributed by atoms with Crippen molar-refractivity contribution in [3.63, 3.8) is 0 Å². The number of terminal acetylenes is 1. The largest absolute Gasteiger partial charge is 0.492 e. The third-order valence-corrected chi connectivity index (χ3v) is 2.51. The van der Waals surface area contributed by atoms with Crippen LogP contribution in [0.5, 0.6) is 5.75 Å². The molecule has 72 valence electrons. The Morgan fingerprint density at radius 2 is 2.29 bits per heavy atom. The van der Waals surface area contributed by atoms with E-state index in [9.17, 15) is 0 Å². The molecule has 1 saturated carbocycles. The molecule has 1 aliphatic carbocycles. The maximum atomic E-state index is 5.62. The van der Waals surface area contributed by atoms with Crippen LogP contribution in [0.25, 0.3) is 0 Å². The Hall–Kier alpha value is -1.42. The predicted molar refractivity (Wildman–Crippen MR) is 57.5 cm³/mol. The standard InChI is InChI=1S/C13H14O/c1-3-10-6-5-7-12(11-8-9-11)13(10)14-4-2/h1,5-7,11H,4,8-9H2,2H3. The molecule has 0 N–H and O–H groups in total. The molecule has 0 saturated heterocycles. The molecule has 14 heavy (non-hydrogen) atoms. The van der Waals surface area contributed by atoms with Crippen molar-refractivity contribution in [2.75, 3.05) is 6.61 Å². The Labute approximate surface area is 85.1 Å². The second-order valence-electron chi connectivity index (χ2n) is 3.58. The first-order chi connectivity index (χ1) is 6.86. The van der Waals surface area contributed by atoms with Gasteiger partial charge in [0.15, 0.2) is 0 Å². The molecular weight excluding hydrogens is 172 g/mol. The van der Waals surface area contributed by atoms with E-state index in [1.54, 1.807) is 0 Å². The summed E-state index contributed by atoms with van der Waals surface area (Å²) in [4.78, 5) is 0. The number of ether oxygens (including phenoxy) is 1. The lowest BCUT2D eigenvalue weighted by atomic mass is 10.1. The predicted octanol–water partition coefficient (Wildman–Crippen LogP) is 2.94. The van der Waals surface area contributed by atoms with Gasteiger partial charge in [0.05, 0.1) is 12.2 Å². The van der Waals surface area contributed by atoms with Crippen molar-refractivity contribution in [3.05, 3.63) is 29.3 Å². The molecule has 0 unspecified atom stereocenters. The zero-order valence-electron chi connectivity index (χ0n) is 8.42. The Kier molecular flexibility index (Phi) is 2.45. The average molecular weight is 186 g/mol. The molecule has 0 aromatic heterocycles. The molecule has 0 aliphatic heterocycles. The summed E-state index contributed by atoms with van der Waals surface area (Å²) in [5.74, 6) is 4.29. The molecule has 0 spiro atoms. The van der Waals surface area contributed by atoms with Gasteiger partial charge in [0.1, 0.15) is 5.75 Å². The highest BCUT2D eigenvalue weighted by Crippen LogP contribution is 2.45. The zero-order chi connectivity index (χ0) is 9.97. The van der Waals surface area contributed by atoms with Crippen LogP contribution in [-0.2, 0) is 0 Å². The summed E-state index contributed by atoms with van der Waals surface area (Å²) in [6.45, 7) is 2.67. The van der Waals surface area contributed by atoms with Crippen molar-refractivity contribution < 1.29 is 4.74 Å². The summed E-state index contributed by atoms with van der Waals surface area (Å²) < 4.78 is 5.62. The molecule has 0 amide bonds. The van der Waals surface area contributed by atoms with Gasteiger partial charge in [-0.3, -0.25) is 0 Å². The van der Waals surface area contributed by atoms with E-state index in [1.165, 1.54) is 18.4 Å². The second kappa shape index (κ2) is 3.75. The van der Waals surface area contributed by atoms with Crippen LogP contribution in [-0.4, -0.2) is 6.61 Å². The molecule has 1 aliphatic rings.